The molecule has 0 aromatic heterocycles. The lowest BCUT2D eigenvalue weighted by atomic mass is 9.77. The van der Waals surface area contributed by atoms with Gasteiger partial charge in [-0.1, -0.05) is 37.3 Å². The molecular weight excluding hydrogens is 230 g/mol. The van der Waals surface area contributed by atoms with Crippen LogP contribution in [0.3, 0.4) is 0 Å². The van der Waals surface area contributed by atoms with E-state index in [9.17, 15) is 9.59 Å². The molecule has 2 unspecified atom stereocenters. The first kappa shape index (κ1) is 12.6. The molecule has 0 aliphatic carbocycles. The molecule has 4 heteroatoms. The van der Waals surface area contributed by atoms with Gasteiger partial charge in [0.15, 0.2) is 0 Å². The van der Waals surface area contributed by atoms with Crippen molar-refractivity contribution in [1.82, 2.24) is 5.32 Å². The lowest BCUT2D eigenvalue weighted by molar-refractivity contribution is -0.142. The minimum absolute atomic E-state index is 0.169. The summed E-state index contributed by atoms with van der Waals surface area (Å²) >= 11 is 0. The maximum atomic E-state index is 11.4. The number of carbonyl (C=O) groups excluding carboxylic acids is 1. The van der Waals surface area contributed by atoms with Crippen molar-refractivity contribution in [2.45, 2.75) is 32.2 Å². The number of carbonyl (C=O) groups is 2. The van der Waals surface area contributed by atoms with Gasteiger partial charge in [-0.25, -0.2) is 4.79 Å². The van der Waals surface area contributed by atoms with Crippen molar-refractivity contribution >= 4 is 11.9 Å². The van der Waals surface area contributed by atoms with Crippen molar-refractivity contribution in [3.05, 3.63) is 35.9 Å². The van der Waals surface area contributed by atoms with Crippen LogP contribution in [0.25, 0.3) is 0 Å². The summed E-state index contributed by atoms with van der Waals surface area (Å²) in [7, 11) is 0. The van der Waals surface area contributed by atoms with E-state index in [4.69, 9.17) is 5.11 Å². The molecule has 96 valence electrons. The highest BCUT2D eigenvalue weighted by molar-refractivity contribution is 5.89. The molecule has 1 aliphatic heterocycles. The second kappa shape index (κ2) is 4.80. The van der Waals surface area contributed by atoms with Crippen molar-refractivity contribution in [2.24, 2.45) is 5.41 Å². The van der Waals surface area contributed by atoms with E-state index in [0.29, 0.717) is 6.42 Å². The molecule has 1 aromatic carbocycles. The van der Waals surface area contributed by atoms with Gasteiger partial charge >= 0.3 is 5.97 Å². The van der Waals surface area contributed by atoms with Gasteiger partial charge in [0, 0.05) is 11.8 Å². The molecule has 2 atom stereocenters. The molecule has 0 spiro atoms. The van der Waals surface area contributed by atoms with Crippen LogP contribution in [0.15, 0.2) is 30.3 Å². The number of benzene rings is 1. The maximum absolute atomic E-state index is 11.4. The predicted molar refractivity (Wildman–Crippen MR) is 67.1 cm³/mol. The zero-order valence-electron chi connectivity index (χ0n) is 10.3. The van der Waals surface area contributed by atoms with Gasteiger partial charge in [0.2, 0.25) is 5.91 Å². The quantitative estimate of drug-likeness (QED) is 0.849. The number of aliphatic carboxylic acids is 1. The van der Waals surface area contributed by atoms with Crippen molar-refractivity contribution in [1.29, 1.82) is 0 Å². The van der Waals surface area contributed by atoms with E-state index in [1.807, 2.05) is 37.3 Å². The largest absolute Gasteiger partial charge is 0.480 e. The van der Waals surface area contributed by atoms with Gasteiger partial charge in [0.1, 0.15) is 6.04 Å². The lowest BCUT2D eigenvalue weighted by Gasteiger charge is -2.27. The summed E-state index contributed by atoms with van der Waals surface area (Å²) in [6, 6.07) is 9.14. The molecule has 18 heavy (non-hydrogen) atoms. The Hall–Kier alpha value is -1.84. The number of hydrogen-bond donors (Lipinski definition) is 2. The fourth-order valence-corrected chi connectivity index (χ4v) is 2.52. The summed E-state index contributed by atoms with van der Waals surface area (Å²) in [5.74, 6) is -1.12. The third-order valence-corrected chi connectivity index (χ3v) is 3.64. The Balaban J connectivity index is 2.06. The molecule has 0 bridgehead atoms. The fourth-order valence-electron chi connectivity index (χ4n) is 2.52. The fraction of sp³-hybridized carbons (Fsp3) is 0.429. The number of rotatable bonds is 4. The summed E-state index contributed by atoms with van der Waals surface area (Å²) in [6.45, 7) is 1.87. The van der Waals surface area contributed by atoms with E-state index >= 15 is 0 Å². The highest BCUT2D eigenvalue weighted by atomic mass is 16.4. The maximum Gasteiger partial charge on any atom is 0.326 e. The monoisotopic (exact) mass is 247 g/mol. The van der Waals surface area contributed by atoms with Crippen LogP contribution in [-0.4, -0.2) is 23.0 Å². The zero-order chi connectivity index (χ0) is 13.2. The van der Waals surface area contributed by atoms with E-state index in [0.717, 1.165) is 6.42 Å². The number of carboxylic acids is 1. The van der Waals surface area contributed by atoms with E-state index < -0.39 is 17.4 Å². The van der Waals surface area contributed by atoms with Crippen molar-refractivity contribution in [2.75, 3.05) is 0 Å². The van der Waals surface area contributed by atoms with Crippen molar-refractivity contribution < 1.29 is 14.7 Å². The van der Waals surface area contributed by atoms with E-state index in [2.05, 4.69) is 5.32 Å². The van der Waals surface area contributed by atoms with E-state index in [-0.39, 0.29) is 12.3 Å². The molecule has 2 N–H and O–H groups in total. The number of carboxylic acid groups (broad SMARTS) is 1. The molecule has 1 amide bonds. The number of amides is 1. The number of nitrogens with one attached hydrogen (secondary N) is 1. The summed E-state index contributed by atoms with van der Waals surface area (Å²) in [4.78, 5) is 22.6. The summed E-state index contributed by atoms with van der Waals surface area (Å²) in [5, 5.41) is 11.7. The molecule has 0 radical (unpaired) electrons. The highest BCUT2D eigenvalue weighted by Gasteiger charge is 2.46. The van der Waals surface area contributed by atoms with Gasteiger partial charge in [-0.3, -0.25) is 4.79 Å². The molecule has 0 saturated carbocycles. The predicted octanol–water partition coefficient (Wildman–Crippen LogP) is 1.60. The molecule has 1 saturated heterocycles. The minimum atomic E-state index is -0.948. The Morgan fingerprint density at radius 3 is 2.72 bits per heavy atom. The van der Waals surface area contributed by atoms with Crippen LogP contribution in [-0.2, 0) is 16.0 Å². The molecule has 4 nitrogen and oxygen atoms in total. The van der Waals surface area contributed by atoms with Gasteiger partial charge in [-0.05, 0) is 18.4 Å². The van der Waals surface area contributed by atoms with Crippen LogP contribution >= 0.6 is 0 Å². The van der Waals surface area contributed by atoms with Gasteiger partial charge in [0.25, 0.3) is 0 Å². The SMILES string of the molecule is CC1(CCc2ccccc2)CC(=O)NC1C(=O)O. The third kappa shape index (κ3) is 2.53. The Kier molecular flexibility index (Phi) is 3.36. The topological polar surface area (TPSA) is 66.4 Å². The third-order valence-electron chi connectivity index (χ3n) is 3.64. The van der Waals surface area contributed by atoms with Crippen LogP contribution in [0.2, 0.25) is 0 Å². The first-order valence-corrected chi connectivity index (χ1v) is 6.07. The van der Waals surface area contributed by atoms with Crippen molar-refractivity contribution in [3.8, 4) is 0 Å². The first-order valence-electron chi connectivity index (χ1n) is 6.07. The van der Waals surface area contributed by atoms with Gasteiger partial charge < -0.3 is 10.4 Å². The van der Waals surface area contributed by atoms with Crippen LogP contribution in [0.1, 0.15) is 25.3 Å². The van der Waals surface area contributed by atoms with Crippen molar-refractivity contribution in [3.63, 3.8) is 0 Å². The minimum Gasteiger partial charge on any atom is -0.480 e. The average molecular weight is 247 g/mol. The van der Waals surface area contributed by atoms with Crippen LogP contribution in [0.4, 0.5) is 0 Å². The normalized spacial score (nSPS) is 26.9. The Morgan fingerprint density at radius 2 is 2.11 bits per heavy atom. The number of hydrogen-bond acceptors (Lipinski definition) is 2. The smallest absolute Gasteiger partial charge is 0.326 e. The van der Waals surface area contributed by atoms with Gasteiger partial charge in [-0.2, -0.15) is 0 Å². The van der Waals surface area contributed by atoms with E-state index in [1.165, 1.54) is 5.56 Å². The summed E-state index contributed by atoms with van der Waals surface area (Å²) in [6.07, 6.45) is 1.76. The standard InChI is InChI=1S/C14H17NO3/c1-14(8-7-10-5-3-2-4-6-10)9-11(16)15-12(14)13(17)18/h2-6,12H,7-9H2,1H3,(H,15,16)(H,17,18). The van der Waals surface area contributed by atoms with Crippen LogP contribution in [0, 0.1) is 5.41 Å². The zero-order valence-corrected chi connectivity index (χ0v) is 10.3. The van der Waals surface area contributed by atoms with Gasteiger partial charge in [0.05, 0.1) is 0 Å². The molecule has 1 aliphatic rings. The molecule has 1 aromatic rings. The Labute approximate surface area is 106 Å². The molecule has 1 fully saturated rings. The second-order valence-corrected chi connectivity index (χ2v) is 5.16. The van der Waals surface area contributed by atoms with Gasteiger partial charge in [-0.15, -0.1) is 0 Å². The average Bonchev–Trinajstić information content (AvgIpc) is 2.64. The number of aryl methyl sites for hydroxylation is 1. The Bertz CT molecular complexity index is 457. The first-order chi connectivity index (χ1) is 8.51. The van der Waals surface area contributed by atoms with E-state index in [1.54, 1.807) is 0 Å². The molecule has 1 heterocycles. The summed E-state index contributed by atoms with van der Waals surface area (Å²) in [5.41, 5.74) is 0.667. The summed E-state index contributed by atoms with van der Waals surface area (Å²) < 4.78 is 0. The second-order valence-electron chi connectivity index (χ2n) is 5.16. The highest BCUT2D eigenvalue weighted by Crippen LogP contribution is 2.36. The Morgan fingerprint density at radius 1 is 1.44 bits per heavy atom. The lowest BCUT2D eigenvalue weighted by Crippen LogP contribution is -2.42. The van der Waals surface area contributed by atoms with Crippen LogP contribution in [0.5, 0.6) is 0 Å². The molecular formula is C14H17NO3. The van der Waals surface area contributed by atoms with Crippen LogP contribution < -0.4 is 5.32 Å². The molecule has 2 rings (SSSR count).